The van der Waals surface area contributed by atoms with Gasteiger partial charge < -0.3 is 4.74 Å². The van der Waals surface area contributed by atoms with Gasteiger partial charge in [0.25, 0.3) is 0 Å². The molecule has 0 amide bonds. The minimum Gasteiger partial charge on any atom is -0.490 e. The average molecular weight is 251 g/mol. The topological polar surface area (TPSA) is 69.4 Å². The maximum absolute atomic E-state index is 11.3. The van der Waals surface area contributed by atoms with Crippen LogP contribution in [0.5, 0.6) is 5.75 Å². The van der Waals surface area contributed by atoms with E-state index >= 15 is 0 Å². The van der Waals surface area contributed by atoms with Crippen LogP contribution in [0, 0.1) is 10.1 Å². The van der Waals surface area contributed by atoms with E-state index in [1.807, 2.05) is 0 Å². The van der Waals surface area contributed by atoms with Crippen LogP contribution in [0.2, 0.25) is 0 Å². The van der Waals surface area contributed by atoms with Gasteiger partial charge in [-0.1, -0.05) is 19.1 Å². The summed E-state index contributed by atoms with van der Waals surface area (Å²) in [6.45, 7) is 7.73. The molecule has 0 fully saturated rings. The molecule has 0 radical (unpaired) electrons. The molecule has 0 heterocycles. The van der Waals surface area contributed by atoms with Crippen LogP contribution in [0.1, 0.15) is 18.9 Å². The van der Waals surface area contributed by atoms with E-state index in [-0.39, 0.29) is 23.6 Å². The van der Waals surface area contributed by atoms with Crippen molar-refractivity contribution in [2.24, 2.45) is 0 Å². The van der Waals surface area contributed by atoms with Crippen LogP contribution < -0.4 is 4.74 Å². The Balaban J connectivity index is 0.00000137. The summed E-state index contributed by atoms with van der Waals surface area (Å²) in [5, 5.41) is 10.9. The Morgan fingerprint density at radius 2 is 2.06 bits per heavy atom. The molecule has 0 unspecified atom stereocenters. The van der Waals surface area contributed by atoms with Gasteiger partial charge in [-0.05, 0) is 6.07 Å². The molecule has 5 nitrogen and oxygen atoms in total. The van der Waals surface area contributed by atoms with Crippen molar-refractivity contribution in [2.45, 2.75) is 19.8 Å². The first-order valence-electron chi connectivity index (χ1n) is 5.42. The average Bonchev–Trinajstić information content (AvgIpc) is 2.40. The lowest BCUT2D eigenvalue weighted by Crippen LogP contribution is -2.05. The second-order valence-electron chi connectivity index (χ2n) is 3.29. The van der Waals surface area contributed by atoms with Crippen LogP contribution in [0.25, 0.3) is 0 Å². The number of benzene rings is 1. The maximum atomic E-state index is 11.3. The molecule has 5 heteroatoms. The fourth-order valence-corrected chi connectivity index (χ4v) is 1.42. The van der Waals surface area contributed by atoms with Gasteiger partial charge in [0.05, 0.1) is 12.0 Å². The van der Waals surface area contributed by atoms with Crippen molar-refractivity contribution in [1.29, 1.82) is 0 Å². The number of Topliss-reactive ketones (excluding diaryl/α,β-unsaturated/α-hetero) is 1. The van der Waals surface area contributed by atoms with Gasteiger partial charge >= 0.3 is 5.69 Å². The Morgan fingerprint density at radius 1 is 1.44 bits per heavy atom. The van der Waals surface area contributed by atoms with E-state index in [2.05, 4.69) is 13.2 Å². The summed E-state index contributed by atoms with van der Waals surface area (Å²) in [6, 6.07) is 4.73. The predicted molar refractivity (Wildman–Crippen MR) is 69.9 cm³/mol. The van der Waals surface area contributed by atoms with Crippen molar-refractivity contribution in [2.75, 3.05) is 7.11 Å². The van der Waals surface area contributed by atoms with Crippen molar-refractivity contribution >= 4 is 11.5 Å². The van der Waals surface area contributed by atoms with E-state index in [0.717, 1.165) is 0 Å². The summed E-state index contributed by atoms with van der Waals surface area (Å²) >= 11 is 0. The van der Waals surface area contributed by atoms with Gasteiger partial charge in [-0.15, -0.1) is 13.2 Å². The number of nitro groups is 1. The molecular weight excluding hydrogens is 234 g/mol. The van der Waals surface area contributed by atoms with Crippen molar-refractivity contribution in [3.8, 4) is 5.75 Å². The highest BCUT2D eigenvalue weighted by Gasteiger charge is 2.21. The first-order valence-corrected chi connectivity index (χ1v) is 5.42. The van der Waals surface area contributed by atoms with Crippen LogP contribution in [0.3, 0.4) is 0 Å². The summed E-state index contributed by atoms with van der Waals surface area (Å²) in [4.78, 5) is 21.7. The predicted octanol–water partition coefficient (Wildman–Crippen LogP) is 2.93. The third kappa shape index (κ3) is 4.01. The first-order chi connectivity index (χ1) is 8.60. The number of nitro benzene ring substituents is 1. The zero-order valence-electron chi connectivity index (χ0n) is 10.6. The monoisotopic (exact) mass is 251 g/mol. The van der Waals surface area contributed by atoms with Gasteiger partial charge in [0.2, 0.25) is 0 Å². The van der Waals surface area contributed by atoms with Crippen LogP contribution in [0.4, 0.5) is 5.69 Å². The molecule has 0 atom stereocenters. The lowest BCUT2D eigenvalue weighted by atomic mass is 10.1. The number of carbonyl (C=O) groups is 1. The second kappa shape index (κ2) is 8.00. The van der Waals surface area contributed by atoms with Crippen LogP contribution in [-0.4, -0.2) is 17.8 Å². The second-order valence-corrected chi connectivity index (χ2v) is 3.29. The van der Waals surface area contributed by atoms with Crippen molar-refractivity contribution < 1.29 is 14.5 Å². The van der Waals surface area contributed by atoms with Gasteiger partial charge in [0, 0.05) is 18.4 Å². The van der Waals surface area contributed by atoms with E-state index in [9.17, 15) is 14.9 Å². The fourth-order valence-electron chi connectivity index (χ4n) is 1.42. The molecule has 0 saturated heterocycles. The number of para-hydroxylation sites is 1. The molecule has 1 rings (SSSR count). The van der Waals surface area contributed by atoms with Gasteiger partial charge in [0.15, 0.2) is 5.75 Å². The normalized spacial score (nSPS) is 9.00. The lowest BCUT2D eigenvalue weighted by Gasteiger charge is -2.05. The van der Waals surface area contributed by atoms with Gasteiger partial charge in [-0.3, -0.25) is 14.9 Å². The SMILES string of the molecule is C=C.CCC(=O)Cc1cccc(OC)c1[N+](=O)[O-]. The van der Waals surface area contributed by atoms with Gasteiger partial charge in [-0.2, -0.15) is 0 Å². The highest BCUT2D eigenvalue weighted by molar-refractivity contribution is 5.82. The van der Waals surface area contributed by atoms with Crippen LogP contribution >= 0.6 is 0 Å². The van der Waals surface area contributed by atoms with Crippen LogP contribution in [0.15, 0.2) is 31.4 Å². The van der Waals surface area contributed by atoms with Gasteiger partial charge in [0.1, 0.15) is 5.78 Å². The molecule has 18 heavy (non-hydrogen) atoms. The van der Waals surface area contributed by atoms with Gasteiger partial charge in [-0.25, -0.2) is 0 Å². The fraction of sp³-hybridized carbons (Fsp3) is 0.308. The Kier molecular flexibility index (Phi) is 7.04. The summed E-state index contributed by atoms with van der Waals surface area (Å²) in [5.74, 6) is 0.155. The molecular formula is C13H17NO4. The molecule has 0 aliphatic rings. The van der Waals surface area contributed by atoms with Crippen molar-refractivity contribution in [3.63, 3.8) is 0 Å². The van der Waals surface area contributed by atoms with E-state index in [4.69, 9.17) is 4.74 Å². The summed E-state index contributed by atoms with van der Waals surface area (Å²) in [7, 11) is 1.37. The summed E-state index contributed by atoms with van der Waals surface area (Å²) < 4.78 is 4.91. The molecule has 0 saturated carbocycles. The number of rotatable bonds is 5. The smallest absolute Gasteiger partial charge is 0.314 e. The number of ether oxygens (including phenoxy) is 1. The molecule has 0 spiro atoms. The van der Waals surface area contributed by atoms with E-state index in [1.165, 1.54) is 13.2 Å². The van der Waals surface area contributed by atoms with Crippen LogP contribution in [-0.2, 0) is 11.2 Å². The molecule has 0 aliphatic carbocycles. The number of carbonyl (C=O) groups excluding carboxylic acids is 1. The zero-order valence-corrected chi connectivity index (χ0v) is 10.6. The number of nitrogens with zero attached hydrogens (tertiary/aromatic N) is 1. The Hall–Kier alpha value is -2.17. The minimum atomic E-state index is -0.517. The van der Waals surface area contributed by atoms with Crippen molar-refractivity contribution in [3.05, 3.63) is 47.0 Å². The standard InChI is InChI=1S/C11H13NO4.C2H4/c1-3-9(13)7-8-5-4-6-10(16-2)11(8)12(14)15;1-2/h4-6H,3,7H2,1-2H3;1-2H2. The quantitative estimate of drug-likeness (QED) is 0.458. The molecule has 0 aliphatic heterocycles. The number of hydrogen-bond acceptors (Lipinski definition) is 4. The molecule has 0 aromatic heterocycles. The lowest BCUT2D eigenvalue weighted by molar-refractivity contribution is -0.386. The van der Waals surface area contributed by atoms with E-state index in [1.54, 1.807) is 19.1 Å². The zero-order chi connectivity index (χ0) is 14.1. The minimum absolute atomic E-state index is 0.0312. The van der Waals surface area contributed by atoms with Crippen molar-refractivity contribution in [1.82, 2.24) is 0 Å². The number of methoxy groups -OCH3 is 1. The Labute approximate surface area is 106 Å². The molecule has 1 aromatic rings. The third-order valence-corrected chi connectivity index (χ3v) is 2.27. The Bertz CT molecular complexity index is 429. The molecule has 0 N–H and O–H groups in total. The molecule has 0 bridgehead atoms. The molecule has 98 valence electrons. The maximum Gasteiger partial charge on any atom is 0.314 e. The number of ketones is 1. The molecule has 1 aromatic carbocycles. The van der Waals surface area contributed by atoms with E-state index < -0.39 is 4.92 Å². The highest BCUT2D eigenvalue weighted by atomic mass is 16.6. The summed E-state index contributed by atoms with van der Waals surface area (Å²) in [6.07, 6.45) is 0.443. The third-order valence-electron chi connectivity index (χ3n) is 2.27. The largest absolute Gasteiger partial charge is 0.490 e. The Morgan fingerprint density at radius 3 is 2.50 bits per heavy atom. The highest BCUT2D eigenvalue weighted by Crippen LogP contribution is 2.30. The number of hydrogen-bond donors (Lipinski definition) is 0. The first kappa shape index (κ1) is 15.8. The van der Waals surface area contributed by atoms with E-state index in [0.29, 0.717) is 12.0 Å². The summed E-state index contributed by atoms with van der Waals surface area (Å²) in [5.41, 5.74) is 0.281.